The molecule has 7 heteroatoms. The summed E-state index contributed by atoms with van der Waals surface area (Å²) in [6.07, 6.45) is 1.12. The Bertz CT molecular complexity index is 671. The summed E-state index contributed by atoms with van der Waals surface area (Å²) in [4.78, 5) is 11.5. The fourth-order valence-electron chi connectivity index (χ4n) is 1.50. The average Bonchev–Trinajstić information content (AvgIpc) is 2.48. The Balaban J connectivity index is 1.84. The standard InChI is InChI=1S/C14H12ClFO5/c15-11-2-1-9(5-12(11)16)19-3-4-20-14-8-21-10(7-17)6-13(14)18/h1-2,5-6,8,17H,3-4,7H2. The lowest BCUT2D eigenvalue weighted by Crippen LogP contribution is -2.14. The van der Waals surface area contributed by atoms with Crippen molar-refractivity contribution in [1.29, 1.82) is 0 Å². The van der Waals surface area contributed by atoms with Crippen molar-refractivity contribution >= 4 is 11.6 Å². The fraction of sp³-hybridized carbons (Fsp3) is 0.214. The van der Waals surface area contributed by atoms with Crippen molar-refractivity contribution in [2.24, 2.45) is 0 Å². The molecule has 0 aliphatic carbocycles. The van der Waals surface area contributed by atoms with Gasteiger partial charge in [-0.05, 0) is 12.1 Å². The summed E-state index contributed by atoms with van der Waals surface area (Å²) in [6.45, 7) is -0.170. The van der Waals surface area contributed by atoms with Crippen molar-refractivity contribution in [3.8, 4) is 11.5 Å². The first-order valence-corrected chi connectivity index (χ1v) is 6.41. The SMILES string of the molecule is O=c1cc(CO)occ1OCCOc1ccc(Cl)c(F)c1. The Labute approximate surface area is 124 Å². The first kappa shape index (κ1) is 15.3. The highest BCUT2D eigenvalue weighted by molar-refractivity contribution is 6.30. The maximum absolute atomic E-state index is 13.2. The van der Waals surface area contributed by atoms with Gasteiger partial charge in [-0.15, -0.1) is 0 Å². The molecule has 0 aliphatic heterocycles. The zero-order chi connectivity index (χ0) is 15.2. The van der Waals surface area contributed by atoms with Crippen LogP contribution in [0.3, 0.4) is 0 Å². The van der Waals surface area contributed by atoms with Gasteiger partial charge < -0.3 is 19.0 Å². The van der Waals surface area contributed by atoms with Crippen molar-refractivity contribution in [1.82, 2.24) is 0 Å². The molecule has 0 saturated carbocycles. The van der Waals surface area contributed by atoms with E-state index < -0.39 is 11.2 Å². The van der Waals surface area contributed by atoms with Gasteiger partial charge in [-0.3, -0.25) is 4.79 Å². The zero-order valence-electron chi connectivity index (χ0n) is 10.8. The smallest absolute Gasteiger partial charge is 0.227 e. The zero-order valence-corrected chi connectivity index (χ0v) is 11.6. The van der Waals surface area contributed by atoms with Crippen molar-refractivity contribution in [3.05, 3.63) is 57.4 Å². The van der Waals surface area contributed by atoms with E-state index >= 15 is 0 Å². The third-order valence-electron chi connectivity index (χ3n) is 2.51. The fourth-order valence-corrected chi connectivity index (χ4v) is 1.62. The predicted octanol–water partition coefficient (Wildman–Crippen LogP) is 2.38. The Hall–Kier alpha value is -2.05. The van der Waals surface area contributed by atoms with Gasteiger partial charge in [-0.25, -0.2) is 4.39 Å². The second kappa shape index (κ2) is 7.10. The Morgan fingerprint density at radius 1 is 1.24 bits per heavy atom. The van der Waals surface area contributed by atoms with Crippen LogP contribution < -0.4 is 14.9 Å². The molecular weight excluding hydrogens is 303 g/mol. The van der Waals surface area contributed by atoms with Crippen LogP contribution >= 0.6 is 11.6 Å². The second-order valence-corrected chi connectivity index (χ2v) is 4.41. The van der Waals surface area contributed by atoms with Crippen molar-refractivity contribution in [2.45, 2.75) is 6.61 Å². The van der Waals surface area contributed by atoms with Gasteiger partial charge in [-0.1, -0.05) is 11.6 Å². The van der Waals surface area contributed by atoms with Gasteiger partial charge >= 0.3 is 0 Å². The molecule has 5 nitrogen and oxygen atoms in total. The third kappa shape index (κ3) is 4.21. The number of rotatable bonds is 6. The van der Waals surface area contributed by atoms with E-state index in [1.165, 1.54) is 12.1 Å². The summed E-state index contributed by atoms with van der Waals surface area (Å²) in [6, 6.07) is 5.21. The van der Waals surface area contributed by atoms with Gasteiger partial charge in [0.15, 0.2) is 0 Å². The van der Waals surface area contributed by atoms with Crippen LogP contribution in [0.4, 0.5) is 4.39 Å². The van der Waals surface area contributed by atoms with E-state index in [2.05, 4.69) is 0 Å². The first-order chi connectivity index (χ1) is 10.1. The van der Waals surface area contributed by atoms with Crippen LogP contribution in [-0.4, -0.2) is 18.3 Å². The largest absolute Gasteiger partial charge is 0.490 e. The molecule has 0 fully saturated rings. The lowest BCUT2D eigenvalue weighted by molar-refractivity contribution is 0.206. The molecule has 0 bridgehead atoms. The monoisotopic (exact) mass is 314 g/mol. The van der Waals surface area contributed by atoms with Crippen LogP contribution in [0.5, 0.6) is 11.5 Å². The molecule has 0 saturated heterocycles. The molecule has 0 aliphatic rings. The van der Waals surface area contributed by atoms with E-state index in [0.717, 1.165) is 18.4 Å². The quantitative estimate of drug-likeness (QED) is 0.829. The summed E-state index contributed by atoms with van der Waals surface area (Å²) in [5.41, 5.74) is -0.400. The summed E-state index contributed by atoms with van der Waals surface area (Å²) in [5, 5.41) is 8.82. The van der Waals surface area contributed by atoms with Crippen LogP contribution in [0.2, 0.25) is 5.02 Å². The van der Waals surface area contributed by atoms with Crippen molar-refractivity contribution < 1.29 is 23.4 Å². The summed E-state index contributed by atoms with van der Waals surface area (Å²) >= 11 is 5.55. The number of ether oxygens (including phenoxy) is 2. The molecule has 1 aromatic carbocycles. The summed E-state index contributed by atoms with van der Waals surface area (Å²) < 4.78 is 28.5. The van der Waals surface area contributed by atoms with Gasteiger partial charge in [0.05, 0.1) is 5.02 Å². The highest BCUT2D eigenvalue weighted by Crippen LogP contribution is 2.20. The van der Waals surface area contributed by atoms with Crippen LogP contribution in [0.25, 0.3) is 0 Å². The molecule has 0 spiro atoms. The lowest BCUT2D eigenvalue weighted by atomic mass is 10.3. The van der Waals surface area contributed by atoms with Gasteiger partial charge in [0.1, 0.15) is 43.4 Å². The number of hydrogen-bond acceptors (Lipinski definition) is 5. The molecule has 21 heavy (non-hydrogen) atoms. The maximum atomic E-state index is 13.2. The molecule has 0 unspecified atom stereocenters. The van der Waals surface area contributed by atoms with E-state index in [1.807, 2.05) is 0 Å². The molecule has 0 amide bonds. The van der Waals surface area contributed by atoms with Crippen LogP contribution in [-0.2, 0) is 6.61 Å². The number of halogens is 2. The Morgan fingerprint density at radius 3 is 2.67 bits per heavy atom. The highest BCUT2D eigenvalue weighted by Gasteiger charge is 2.05. The lowest BCUT2D eigenvalue weighted by Gasteiger charge is -2.08. The average molecular weight is 315 g/mol. The van der Waals surface area contributed by atoms with Crippen LogP contribution in [0, 0.1) is 5.82 Å². The number of aliphatic hydroxyl groups is 1. The highest BCUT2D eigenvalue weighted by atomic mass is 35.5. The van der Waals surface area contributed by atoms with Crippen molar-refractivity contribution in [2.75, 3.05) is 13.2 Å². The van der Waals surface area contributed by atoms with E-state index in [0.29, 0.717) is 5.75 Å². The predicted molar refractivity (Wildman–Crippen MR) is 73.3 cm³/mol. The van der Waals surface area contributed by atoms with Gasteiger partial charge in [0.2, 0.25) is 11.2 Å². The number of hydrogen-bond donors (Lipinski definition) is 1. The molecule has 2 rings (SSSR count). The molecular formula is C14H12ClFO5. The molecule has 112 valence electrons. The van der Waals surface area contributed by atoms with Crippen LogP contribution in [0.1, 0.15) is 5.76 Å². The molecule has 1 heterocycles. The molecule has 2 aromatic rings. The van der Waals surface area contributed by atoms with Gasteiger partial charge in [-0.2, -0.15) is 0 Å². The Kier molecular flexibility index (Phi) is 5.19. The van der Waals surface area contributed by atoms with Crippen molar-refractivity contribution in [3.63, 3.8) is 0 Å². The summed E-state index contributed by atoms with van der Waals surface area (Å²) in [7, 11) is 0. The Morgan fingerprint density at radius 2 is 2.00 bits per heavy atom. The van der Waals surface area contributed by atoms with E-state index in [1.54, 1.807) is 0 Å². The molecule has 1 aromatic heterocycles. The van der Waals surface area contributed by atoms with E-state index in [-0.39, 0.29) is 36.4 Å². The molecule has 1 N–H and O–H groups in total. The number of benzene rings is 1. The van der Waals surface area contributed by atoms with Crippen LogP contribution in [0.15, 0.2) is 39.7 Å². The van der Waals surface area contributed by atoms with Gasteiger partial charge in [0, 0.05) is 12.1 Å². The minimum Gasteiger partial charge on any atom is -0.490 e. The third-order valence-corrected chi connectivity index (χ3v) is 2.82. The van der Waals surface area contributed by atoms with E-state index in [9.17, 15) is 9.18 Å². The number of aliphatic hydroxyl groups excluding tert-OH is 1. The second-order valence-electron chi connectivity index (χ2n) is 4.01. The molecule has 0 atom stereocenters. The molecule has 0 radical (unpaired) electrons. The normalized spacial score (nSPS) is 10.4. The minimum absolute atomic E-state index is 0.0121. The maximum Gasteiger partial charge on any atom is 0.227 e. The minimum atomic E-state index is -0.574. The van der Waals surface area contributed by atoms with Gasteiger partial charge in [0.25, 0.3) is 0 Å². The first-order valence-electron chi connectivity index (χ1n) is 6.03. The summed E-state index contributed by atoms with van der Waals surface area (Å²) in [5.74, 6) is -0.100. The van der Waals surface area contributed by atoms with E-state index in [4.69, 9.17) is 30.6 Å². The topological polar surface area (TPSA) is 68.9 Å².